The maximum absolute atomic E-state index is 14.8. The van der Waals surface area contributed by atoms with E-state index in [0.717, 1.165) is 18.9 Å². The first-order chi connectivity index (χ1) is 16.6. The van der Waals surface area contributed by atoms with E-state index in [9.17, 15) is 22.4 Å². The number of nitrogens with zero attached hydrogens (tertiary/aromatic N) is 3. The van der Waals surface area contributed by atoms with Gasteiger partial charge in [0.25, 0.3) is 5.91 Å². The summed E-state index contributed by atoms with van der Waals surface area (Å²) in [7, 11) is 0. The number of hydrogen-bond donors (Lipinski definition) is 1. The van der Waals surface area contributed by atoms with Crippen LogP contribution in [-0.2, 0) is 11.4 Å². The van der Waals surface area contributed by atoms with Gasteiger partial charge < -0.3 is 4.74 Å². The lowest BCUT2D eigenvalue weighted by Crippen LogP contribution is -2.47. The third-order valence-corrected chi connectivity index (χ3v) is 6.14. The number of amides is 1. The molecule has 1 saturated heterocycles. The number of alkyl halides is 3. The first-order valence-electron chi connectivity index (χ1n) is 11.0. The van der Waals surface area contributed by atoms with Gasteiger partial charge in [-0.05, 0) is 49.6 Å². The Hall–Kier alpha value is -2.89. The van der Waals surface area contributed by atoms with Gasteiger partial charge in [0, 0.05) is 36.1 Å². The minimum absolute atomic E-state index is 0.00699. The van der Waals surface area contributed by atoms with E-state index in [4.69, 9.17) is 16.4 Å². The summed E-state index contributed by atoms with van der Waals surface area (Å²) < 4.78 is 58.1. The summed E-state index contributed by atoms with van der Waals surface area (Å²) in [5.74, 6) is -1.69. The molecule has 1 N–H and O–H groups in total. The molecule has 1 aromatic heterocycles. The lowest BCUT2D eigenvalue weighted by atomic mass is 10.1. The largest absolute Gasteiger partial charge is 0.573 e. The Kier molecular flexibility index (Phi) is 6.10. The number of aryl methyl sites for hydroxylation is 1. The second-order valence-corrected chi connectivity index (χ2v) is 9.25. The average molecular weight is 513 g/mol. The number of nitrogens with one attached hydrogen (secondary N) is 1. The van der Waals surface area contributed by atoms with Crippen LogP contribution in [0.1, 0.15) is 40.5 Å². The molecule has 186 valence electrons. The van der Waals surface area contributed by atoms with Crippen molar-refractivity contribution in [2.45, 2.75) is 44.8 Å². The molecular formula is C23H21ClF4N4O3. The van der Waals surface area contributed by atoms with Crippen molar-refractivity contribution in [2.75, 3.05) is 13.1 Å². The molecule has 0 radical (unpaired) electrons. The number of hydroxylamine groups is 1. The molecule has 3 aromatic rings. The maximum atomic E-state index is 14.8. The van der Waals surface area contributed by atoms with Gasteiger partial charge in [0.05, 0.1) is 28.9 Å². The van der Waals surface area contributed by atoms with Crippen LogP contribution in [0.2, 0.25) is 5.02 Å². The van der Waals surface area contributed by atoms with Gasteiger partial charge in [-0.1, -0.05) is 11.6 Å². The minimum atomic E-state index is -4.80. The zero-order valence-corrected chi connectivity index (χ0v) is 19.3. The van der Waals surface area contributed by atoms with Crippen molar-refractivity contribution in [1.82, 2.24) is 20.2 Å². The molecule has 1 amide bonds. The van der Waals surface area contributed by atoms with Crippen molar-refractivity contribution in [3.8, 4) is 5.75 Å². The standard InChI is InChI=1S/C23H21ClF4N4O3/c1-12-18-7-19(22(33)30-35-16-2-3-16)20(25)8-21(18)32(29-12)15-10-31(11-15)9-13-4-14(24)6-17(5-13)34-23(26,27)28/h4-8,15-16H,2-3,9-11H2,1H3,(H,30,33). The van der Waals surface area contributed by atoms with Crippen LogP contribution in [0.5, 0.6) is 5.75 Å². The van der Waals surface area contributed by atoms with Gasteiger partial charge in [-0.15, -0.1) is 13.2 Å². The lowest BCUT2D eigenvalue weighted by molar-refractivity contribution is -0.274. The van der Waals surface area contributed by atoms with E-state index in [1.807, 2.05) is 4.90 Å². The molecule has 1 aliphatic heterocycles. The van der Waals surface area contributed by atoms with Gasteiger partial charge in [0.2, 0.25) is 0 Å². The van der Waals surface area contributed by atoms with Gasteiger partial charge in [0.15, 0.2) is 0 Å². The Morgan fingerprint density at radius 3 is 2.63 bits per heavy atom. The fourth-order valence-electron chi connectivity index (χ4n) is 4.13. The van der Waals surface area contributed by atoms with Crippen molar-refractivity contribution < 1.29 is 31.9 Å². The first-order valence-corrected chi connectivity index (χ1v) is 11.4. The van der Waals surface area contributed by atoms with Gasteiger partial charge in [-0.3, -0.25) is 19.2 Å². The second kappa shape index (κ2) is 8.96. The molecule has 2 aliphatic rings. The minimum Gasteiger partial charge on any atom is -0.406 e. The number of halogens is 5. The summed E-state index contributed by atoms with van der Waals surface area (Å²) in [6, 6.07) is 6.70. The van der Waals surface area contributed by atoms with Crippen molar-refractivity contribution in [2.24, 2.45) is 0 Å². The third kappa shape index (κ3) is 5.36. The zero-order valence-electron chi connectivity index (χ0n) is 18.5. The molecule has 1 aliphatic carbocycles. The van der Waals surface area contributed by atoms with Crippen LogP contribution in [-0.4, -0.2) is 46.1 Å². The van der Waals surface area contributed by atoms with Crippen LogP contribution >= 0.6 is 11.6 Å². The molecule has 1 saturated carbocycles. The highest BCUT2D eigenvalue weighted by molar-refractivity contribution is 6.30. The van der Waals surface area contributed by atoms with Crippen molar-refractivity contribution in [3.63, 3.8) is 0 Å². The third-order valence-electron chi connectivity index (χ3n) is 5.92. The van der Waals surface area contributed by atoms with Gasteiger partial charge >= 0.3 is 6.36 Å². The molecule has 0 unspecified atom stereocenters. The number of carbonyl (C=O) groups excluding carboxylic acids is 1. The summed E-state index contributed by atoms with van der Waals surface area (Å²) in [4.78, 5) is 19.5. The van der Waals surface area contributed by atoms with Crippen LogP contribution in [0.15, 0.2) is 30.3 Å². The van der Waals surface area contributed by atoms with Gasteiger partial charge in [-0.25, -0.2) is 9.87 Å². The van der Waals surface area contributed by atoms with Gasteiger partial charge in [-0.2, -0.15) is 5.10 Å². The molecule has 0 spiro atoms. The Labute approximate surface area is 202 Å². The van der Waals surface area contributed by atoms with Crippen LogP contribution in [0.25, 0.3) is 10.9 Å². The number of likely N-dealkylation sites (tertiary alicyclic amines) is 1. The van der Waals surface area contributed by atoms with E-state index in [0.29, 0.717) is 41.8 Å². The molecule has 0 bridgehead atoms. The van der Waals surface area contributed by atoms with Crippen LogP contribution in [0, 0.1) is 12.7 Å². The molecule has 0 atom stereocenters. The van der Waals surface area contributed by atoms with E-state index >= 15 is 0 Å². The molecular weight excluding hydrogens is 492 g/mol. The summed E-state index contributed by atoms with van der Waals surface area (Å²) >= 11 is 5.95. The number of hydrogen-bond acceptors (Lipinski definition) is 5. The summed E-state index contributed by atoms with van der Waals surface area (Å²) in [5, 5.41) is 5.34. The summed E-state index contributed by atoms with van der Waals surface area (Å²) in [5.41, 5.74) is 3.97. The number of ether oxygens (including phenoxy) is 1. The number of fused-ring (bicyclic) bond motifs is 1. The molecule has 2 heterocycles. The molecule has 5 rings (SSSR count). The highest BCUT2D eigenvalue weighted by atomic mass is 35.5. The van der Waals surface area contributed by atoms with E-state index in [-0.39, 0.29) is 28.5 Å². The molecule has 2 aromatic carbocycles. The highest BCUT2D eigenvalue weighted by Crippen LogP contribution is 2.32. The molecule has 2 fully saturated rings. The van der Waals surface area contributed by atoms with E-state index < -0.39 is 18.1 Å². The zero-order chi connectivity index (χ0) is 24.9. The van der Waals surface area contributed by atoms with E-state index in [2.05, 4.69) is 15.3 Å². The quantitative estimate of drug-likeness (QED) is 0.360. The fourth-order valence-corrected chi connectivity index (χ4v) is 4.38. The van der Waals surface area contributed by atoms with Crippen LogP contribution < -0.4 is 10.2 Å². The number of rotatable bonds is 7. The van der Waals surface area contributed by atoms with Crippen LogP contribution in [0.3, 0.4) is 0 Å². The van der Waals surface area contributed by atoms with E-state index in [1.54, 1.807) is 17.7 Å². The SMILES string of the molecule is Cc1nn(C2CN(Cc3cc(Cl)cc(OC(F)(F)F)c3)C2)c2cc(F)c(C(=O)NOC3CC3)cc12. The van der Waals surface area contributed by atoms with Crippen molar-refractivity contribution in [3.05, 3.63) is 58.0 Å². The normalized spacial score (nSPS) is 17.0. The highest BCUT2D eigenvalue weighted by Gasteiger charge is 2.33. The lowest BCUT2D eigenvalue weighted by Gasteiger charge is -2.39. The molecule has 7 nitrogen and oxygen atoms in total. The average Bonchev–Trinajstić information content (AvgIpc) is 3.50. The Morgan fingerprint density at radius 2 is 1.94 bits per heavy atom. The number of carbonyl (C=O) groups is 1. The van der Waals surface area contributed by atoms with E-state index in [1.165, 1.54) is 18.2 Å². The maximum Gasteiger partial charge on any atom is 0.573 e. The monoisotopic (exact) mass is 512 g/mol. The number of aromatic nitrogens is 2. The second-order valence-electron chi connectivity index (χ2n) is 8.82. The number of benzene rings is 2. The van der Waals surface area contributed by atoms with Crippen LogP contribution in [0.4, 0.5) is 17.6 Å². The topological polar surface area (TPSA) is 68.6 Å². The summed E-state index contributed by atoms with van der Waals surface area (Å²) in [6.07, 6.45) is -3.08. The van der Waals surface area contributed by atoms with Crippen molar-refractivity contribution in [1.29, 1.82) is 0 Å². The predicted molar refractivity (Wildman–Crippen MR) is 118 cm³/mol. The summed E-state index contributed by atoms with van der Waals surface area (Å²) in [6.45, 7) is 3.25. The Morgan fingerprint density at radius 1 is 1.20 bits per heavy atom. The first kappa shape index (κ1) is 23.8. The predicted octanol–water partition coefficient (Wildman–Crippen LogP) is 4.92. The smallest absolute Gasteiger partial charge is 0.406 e. The molecule has 35 heavy (non-hydrogen) atoms. The fraction of sp³-hybridized carbons (Fsp3) is 0.391. The van der Waals surface area contributed by atoms with Gasteiger partial charge in [0.1, 0.15) is 11.6 Å². The van der Waals surface area contributed by atoms with Crippen molar-refractivity contribution >= 4 is 28.4 Å². The Bertz CT molecular complexity index is 1290. The Balaban J connectivity index is 1.28. The molecule has 12 heteroatoms.